The maximum absolute atomic E-state index is 13.5. The van der Waals surface area contributed by atoms with Crippen LogP contribution in [0.25, 0.3) is 0 Å². The van der Waals surface area contributed by atoms with Gasteiger partial charge in [0, 0.05) is 17.8 Å². The van der Waals surface area contributed by atoms with Crippen LogP contribution < -0.4 is 10.5 Å². The van der Waals surface area contributed by atoms with Gasteiger partial charge in [0.05, 0.1) is 15.1 Å². The molecule has 0 amide bonds. The molecule has 0 aliphatic heterocycles. The van der Waals surface area contributed by atoms with Gasteiger partial charge in [0.15, 0.2) is 11.6 Å². The normalized spacial score (nSPS) is 10.4. The number of halogens is 4. The van der Waals surface area contributed by atoms with Gasteiger partial charge in [-0.1, -0.05) is 34.8 Å². The highest BCUT2D eigenvalue weighted by molar-refractivity contribution is 6.43. The van der Waals surface area contributed by atoms with Crippen LogP contribution in [-0.2, 0) is 0 Å². The molecule has 0 bridgehead atoms. The molecule has 0 aliphatic rings. The molecule has 0 fully saturated rings. The summed E-state index contributed by atoms with van der Waals surface area (Å²) in [4.78, 5) is 0. The summed E-state index contributed by atoms with van der Waals surface area (Å²) in [5, 5.41) is 0.805. The van der Waals surface area contributed by atoms with E-state index in [4.69, 9.17) is 45.3 Å². The number of benzene rings is 2. The van der Waals surface area contributed by atoms with Crippen molar-refractivity contribution in [3.8, 4) is 11.5 Å². The number of rotatable bonds is 2. The minimum atomic E-state index is -0.586. The molecule has 0 saturated heterocycles. The summed E-state index contributed by atoms with van der Waals surface area (Å²) >= 11 is 17.5. The highest BCUT2D eigenvalue weighted by Gasteiger charge is 2.11. The van der Waals surface area contributed by atoms with Crippen LogP contribution in [0.15, 0.2) is 30.3 Å². The molecule has 0 unspecified atom stereocenters. The summed E-state index contributed by atoms with van der Waals surface area (Å²) in [6.45, 7) is 0. The van der Waals surface area contributed by atoms with Gasteiger partial charge in [-0.25, -0.2) is 4.39 Å². The summed E-state index contributed by atoms with van der Waals surface area (Å²) in [6, 6.07) is 6.92. The predicted molar refractivity (Wildman–Crippen MR) is 72.4 cm³/mol. The molecule has 94 valence electrons. The lowest BCUT2D eigenvalue weighted by Crippen LogP contribution is -1.92. The number of hydrogen-bond acceptors (Lipinski definition) is 2. The van der Waals surface area contributed by atoms with E-state index in [0.717, 1.165) is 6.07 Å². The molecule has 2 rings (SSSR count). The van der Waals surface area contributed by atoms with E-state index in [-0.39, 0.29) is 21.5 Å². The fourth-order valence-corrected chi connectivity index (χ4v) is 1.88. The Balaban J connectivity index is 2.37. The maximum Gasteiger partial charge on any atom is 0.167 e. The van der Waals surface area contributed by atoms with Crippen LogP contribution in [0.1, 0.15) is 0 Å². The van der Waals surface area contributed by atoms with Gasteiger partial charge < -0.3 is 10.5 Å². The van der Waals surface area contributed by atoms with Gasteiger partial charge in [-0.2, -0.15) is 0 Å². The van der Waals surface area contributed by atoms with Crippen molar-refractivity contribution in [1.29, 1.82) is 0 Å². The van der Waals surface area contributed by atoms with Crippen LogP contribution in [0.5, 0.6) is 11.5 Å². The maximum atomic E-state index is 13.5. The van der Waals surface area contributed by atoms with Crippen LogP contribution in [0.4, 0.5) is 10.1 Å². The summed E-state index contributed by atoms with van der Waals surface area (Å²) < 4.78 is 18.9. The van der Waals surface area contributed by atoms with E-state index in [1.807, 2.05) is 0 Å². The third kappa shape index (κ3) is 2.80. The molecular weight excluding hydrogens is 299 g/mol. The second kappa shape index (κ2) is 5.22. The third-order valence-electron chi connectivity index (χ3n) is 2.15. The largest absolute Gasteiger partial charge is 0.453 e. The molecule has 0 atom stereocenters. The van der Waals surface area contributed by atoms with Gasteiger partial charge in [0.2, 0.25) is 0 Å². The van der Waals surface area contributed by atoms with Crippen LogP contribution >= 0.6 is 34.8 Å². The molecule has 0 aromatic heterocycles. The molecule has 0 heterocycles. The first-order valence-electron chi connectivity index (χ1n) is 4.85. The standard InChI is InChI=1S/C12H7Cl3FNO/c13-7-4-9(15)12(5-8(7)14)18-11-2-1-6(17)3-10(11)16/h1-5H,17H2. The monoisotopic (exact) mass is 305 g/mol. The molecule has 2 nitrogen and oxygen atoms in total. The second-order valence-electron chi connectivity index (χ2n) is 3.49. The molecule has 2 N–H and O–H groups in total. The van der Waals surface area contributed by atoms with E-state index in [1.165, 1.54) is 24.3 Å². The Labute approximate surface area is 118 Å². The highest BCUT2D eigenvalue weighted by Crippen LogP contribution is 2.37. The van der Waals surface area contributed by atoms with Gasteiger partial charge in [0.25, 0.3) is 0 Å². The van der Waals surface area contributed by atoms with Gasteiger partial charge >= 0.3 is 0 Å². The summed E-state index contributed by atoms with van der Waals surface area (Å²) in [5.41, 5.74) is 5.74. The van der Waals surface area contributed by atoms with E-state index in [0.29, 0.717) is 10.7 Å². The summed E-state index contributed by atoms with van der Waals surface area (Å²) in [5.74, 6) is -0.364. The van der Waals surface area contributed by atoms with Crippen molar-refractivity contribution >= 4 is 40.5 Å². The smallest absolute Gasteiger partial charge is 0.167 e. The Hall–Kier alpha value is -1.16. The first kappa shape index (κ1) is 13.3. The van der Waals surface area contributed by atoms with Crippen molar-refractivity contribution in [1.82, 2.24) is 0 Å². The number of ether oxygens (including phenoxy) is 1. The first-order chi connectivity index (χ1) is 8.47. The average Bonchev–Trinajstić information content (AvgIpc) is 2.29. The van der Waals surface area contributed by atoms with Crippen molar-refractivity contribution in [2.24, 2.45) is 0 Å². The van der Waals surface area contributed by atoms with Crippen LogP contribution in [-0.4, -0.2) is 0 Å². The van der Waals surface area contributed by atoms with Crippen molar-refractivity contribution in [3.05, 3.63) is 51.2 Å². The fourth-order valence-electron chi connectivity index (χ4n) is 1.30. The van der Waals surface area contributed by atoms with E-state index < -0.39 is 5.82 Å². The molecule has 0 aliphatic carbocycles. The van der Waals surface area contributed by atoms with Crippen molar-refractivity contribution in [3.63, 3.8) is 0 Å². The third-order valence-corrected chi connectivity index (χ3v) is 3.17. The first-order valence-corrected chi connectivity index (χ1v) is 5.98. The lowest BCUT2D eigenvalue weighted by atomic mass is 10.3. The zero-order valence-electron chi connectivity index (χ0n) is 8.88. The van der Waals surface area contributed by atoms with Crippen LogP contribution in [0, 0.1) is 5.82 Å². The van der Waals surface area contributed by atoms with Gasteiger partial charge in [0.1, 0.15) is 5.75 Å². The Morgan fingerprint density at radius 3 is 2.22 bits per heavy atom. The van der Waals surface area contributed by atoms with Crippen molar-refractivity contribution in [2.45, 2.75) is 0 Å². The number of anilines is 1. The number of nitrogen functional groups attached to an aromatic ring is 1. The zero-order valence-corrected chi connectivity index (χ0v) is 11.2. The number of hydrogen-bond donors (Lipinski definition) is 1. The minimum Gasteiger partial charge on any atom is -0.453 e. The molecule has 0 radical (unpaired) electrons. The molecule has 0 saturated carbocycles. The predicted octanol–water partition coefficient (Wildman–Crippen LogP) is 5.16. The quantitative estimate of drug-likeness (QED) is 0.614. The molecule has 6 heteroatoms. The van der Waals surface area contributed by atoms with Gasteiger partial charge in [-0.3, -0.25) is 0 Å². The van der Waals surface area contributed by atoms with E-state index in [9.17, 15) is 4.39 Å². The lowest BCUT2D eigenvalue weighted by molar-refractivity contribution is 0.443. The van der Waals surface area contributed by atoms with Gasteiger partial charge in [-0.15, -0.1) is 0 Å². The topological polar surface area (TPSA) is 35.2 Å². The number of nitrogens with two attached hydrogens (primary N) is 1. The lowest BCUT2D eigenvalue weighted by Gasteiger charge is -2.10. The van der Waals surface area contributed by atoms with Crippen molar-refractivity contribution in [2.75, 3.05) is 5.73 Å². The summed E-state index contributed by atoms with van der Waals surface area (Å²) in [6.07, 6.45) is 0. The molecule has 18 heavy (non-hydrogen) atoms. The van der Waals surface area contributed by atoms with E-state index >= 15 is 0 Å². The molecule has 2 aromatic rings. The van der Waals surface area contributed by atoms with Crippen molar-refractivity contribution < 1.29 is 9.13 Å². The Kier molecular flexibility index (Phi) is 3.85. The van der Waals surface area contributed by atoms with E-state index in [1.54, 1.807) is 0 Å². The second-order valence-corrected chi connectivity index (χ2v) is 4.71. The Morgan fingerprint density at radius 2 is 1.56 bits per heavy atom. The van der Waals surface area contributed by atoms with Gasteiger partial charge in [-0.05, 0) is 18.2 Å². The molecule has 2 aromatic carbocycles. The Bertz CT molecular complexity index is 604. The van der Waals surface area contributed by atoms with Crippen LogP contribution in [0.2, 0.25) is 15.1 Å². The van der Waals surface area contributed by atoms with E-state index in [2.05, 4.69) is 0 Å². The fraction of sp³-hybridized carbons (Fsp3) is 0. The molecule has 0 spiro atoms. The molecular formula is C12H7Cl3FNO. The minimum absolute atomic E-state index is 0.00416. The average molecular weight is 307 g/mol. The highest BCUT2D eigenvalue weighted by atomic mass is 35.5. The summed E-state index contributed by atoms with van der Waals surface area (Å²) in [7, 11) is 0. The Morgan fingerprint density at radius 1 is 0.889 bits per heavy atom. The zero-order chi connectivity index (χ0) is 13.3. The SMILES string of the molecule is Nc1ccc(Oc2cc(Cl)c(Cl)cc2Cl)c(F)c1. The van der Waals surface area contributed by atoms with Crippen LogP contribution in [0.3, 0.4) is 0 Å².